The lowest BCUT2D eigenvalue weighted by molar-refractivity contribution is -0.401. The van der Waals surface area contributed by atoms with Crippen LogP contribution in [0.5, 0.6) is 0 Å². The molecule has 0 aromatic heterocycles. The van der Waals surface area contributed by atoms with Crippen LogP contribution >= 0.6 is 0 Å². The second kappa shape index (κ2) is 10.3. The Bertz CT molecular complexity index is 904. The van der Waals surface area contributed by atoms with Crippen molar-refractivity contribution < 1.29 is 13.9 Å². The molecular weight excluding hydrogens is 436 g/mol. The van der Waals surface area contributed by atoms with E-state index in [2.05, 4.69) is 122 Å². The topological polar surface area (TPSA) is 27.7 Å². The molecule has 0 saturated carbocycles. The average molecular weight is 483 g/mol. The minimum absolute atomic E-state index is 0.00203. The van der Waals surface area contributed by atoms with Gasteiger partial charge in [-0.3, -0.25) is 0 Å². The van der Waals surface area contributed by atoms with Crippen molar-refractivity contribution >= 4 is 8.32 Å². The molecule has 4 heteroatoms. The molecule has 0 bridgehead atoms. The van der Waals surface area contributed by atoms with Crippen LogP contribution in [0, 0.1) is 16.7 Å². The van der Waals surface area contributed by atoms with Gasteiger partial charge in [0.15, 0.2) is 20.4 Å². The molecule has 1 heterocycles. The van der Waals surface area contributed by atoms with Crippen LogP contribution in [-0.4, -0.2) is 26.5 Å². The zero-order valence-corrected chi connectivity index (χ0v) is 23.9. The zero-order valence-electron chi connectivity index (χ0n) is 22.9. The fourth-order valence-corrected chi connectivity index (χ4v) is 6.96. The second-order valence-electron chi connectivity index (χ2n) is 12.5. The van der Waals surface area contributed by atoms with Gasteiger partial charge < -0.3 is 13.9 Å². The number of hydrogen-bond donors (Lipinski definition) is 0. The molecule has 3 rings (SSSR count). The van der Waals surface area contributed by atoms with E-state index in [0.717, 1.165) is 19.3 Å². The van der Waals surface area contributed by atoms with Gasteiger partial charge in [-0.2, -0.15) is 0 Å². The van der Waals surface area contributed by atoms with Crippen LogP contribution in [0.1, 0.15) is 59.1 Å². The van der Waals surface area contributed by atoms with E-state index in [1.807, 2.05) is 0 Å². The molecule has 4 atom stereocenters. The number of ether oxygens (including phenoxy) is 2. The van der Waals surface area contributed by atoms with E-state index in [9.17, 15) is 0 Å². The summed E-state index contributed by atoms with van der Waals surface area (Å²) in [6.07, 6.45) is 2.27. The summed E-state index contributed by atoms with van der Waals surface area (Å²) in [7, 11) is -1.89. The van der Waals surface area contributed by atoms with Gasteiger partial charge in [0.2, 0.25) is 0 Å². The quantitative estimate of drug-likeness (QED) is 0.340. The van der Waals surface area contributed by atoms with E-state index in [4.69, 9.17) is 13.9 Å². The molecule has 34 heavy (non-hydrogen) atoms. The predicted octanol–water partition coefficient (Wildman–Crippen LogP) is 7.86. The molecule has 0 amide bonds. The van der Waals surface area contributed by atoms with Crippen molar-refractivity contribution in [1.29, 1.82) is 0 Å². The van der Waals surface area contributed by atoms with Crippen LogP contribution in [0.4, 0.5) is 0 Å². The van der Waals surface area contributed by atoms with Crippen molar-refractivity contribution in [3.05, 3.63) is 71.8 Å². The Balaban J connectivity index is 1.98. The van der Waals surface area contributed by atoms with Crippen LogP contribution in [0.15, 0.2) is 60.7 Å². The van der Waals surface area contributed by atoms with E-state index in [0.29, 0.717) is 0 Å². The molecule has 1 fully saturated rings. The summed E-state index contributed by atoms with van der Waals surface area (Å²) in [4.78, 5) is 0. The highest BCUT2D eigenvalue weighted by Gasteiger charge is 2.56. The van der Waals surface area contributed by atoms with Crippen molar-refractivity contribution in [2.24, 2.45) is 16.7 Å². The fourth-order valence-electron chi connectivity index (χ4n) is 5.54. The Morgan fingerprint density at radius 1 is 0.824 bits per heavy atom. The van der Waals surface area contributed by atoms with Gasteiger partial charge in [0.05, 0.1) is 6.10 Å². The van der Waals surface area contributed by atoms with Crippen molar-refractivity contribution in [3.8, 4) is 0 Å². The number of rotatable bonds is 9. The Hall–Kier alpha value is -1.46. The third-order valence-electron chi connectivity index (χ3n) is 7.11. The summed E-state index contributed by atoms with van der Waals surface area (Å²) in [6, 6.07) is 21.4. The molecule has 0 spiro atoms. The number of benzene rings is 2. The summed E-state index contributed by atoms with van der Waals surface area (Å²) < 4.78 is 20.8. The third kappa shape index (κ3) is 6.40. The molecule has 4 unspecified atom stereocenters. The average Bonchev–Trinajstić information content (AvgIpc) is 2.74. The fraction of sp³-hybridized carbons (Fsp3) is 0.600. The monoisotopic (exact) mass is 482 g/mol. The second-order valence-corrected chi connectivity index (χ2v) is 16.9. The minimum Gasteiger partial charge on any atom is -0.390 e. The summed E-state index contributed by atoms with van der Waals surface area (Å²) in [5, 5.41) is 0. The molecule has 1 aliphatic rings. The van der Waals surface area contributed by atoms with Gasteiger partial charge >= 0.3 is 0 Å². The molecule has 3 nitrogen and oxygen atoms in total. The van der Waals surface area contributed by atoms with Gasteiger partial charge in [-0.25, -0.2) is 0 Å². The normalized spacial score (nSPS) is 26.4. The van der Waals surface area contributed by atoms with Gasteiger partial charge in [0, 0.05) is 11.3 Å². The van der Waals surface area contributed by atoms with Crippen molar-refractivity contribution in [2.75, 3.05) is 0 Å². The maximum atomic E-state index is 6.96. The van der Waals surface area contributed by atoms with E-state index < -0.39 is 14.1 Å². The molecule has 0 N–H and O–H groups in total. The smallest absolute Gasteiger partial charge is 0.187 e. The first-order valence-corrected chi connectivity index (χ1v) is 16.3. The summed E-state index contributed by atoms with van der Waals surface area (Å²) in [6.45, 7) is 20.4. The van der Waals surface area contributed by atoms with Crippen molar-refractivity contribution in [1.82, 2.24) is 0 Å². The van der Waals surface area contributed by atoms with Gasteiger partial charge in [-0.15, -0.1) is 0 Å². The first-order chi connectivity index (χ1) is 15.8. The van der Waals surface area contributed by atoms with Gasteiger partial charge in [0.1, 0.15) is 0 Å². The third-order valence-corrected chi connectivity index (χ3v) is 8.07. The Kier molecular flexibility index (Phi) is 8.19. The van der Waals surface area contributed by atoms with Crippen LogP contribution in [0.25, 0.3) is 0 Å². The summed E-state index contributed by atoms with van der Waals surface area (Å²) in [5.41, 5.74) is 2.33. The lowest BCUT2D eigenvalue weighted by Gasteiger charge is -2.57. The highest BCUT2D eigenvalue weighted by atomic mass is 28.4. The van der Waals surface area contributed by atoms with Crippen LogP contribution < -0.4 is 0 Å². The molecule has 0 radical (unpaired) electrons. The van der Waals surface area contributed by atoms with Gasteiger partial charge in [-0.05, 0) is 55.4 Å². The lowest BCUT2D eigenvalue weighted by Crippen LogP contribution is -2.64. The summed E-state index contributed by atoms with van der Waals surface area (Å²) >= 11 is 0. The van der Waals surface area contributed by atoms with Crippen molar-refractivity contribution in [3.63, 3.8) is 0 Å². The molecule has 2 aromatic rings. The number of hydrogen-bond acceptors (Lipinski definition) is 3. The Labute approximate surface area is 209 Å². The molecule has 0 aliphatic carbocycles. The highest BCUT2D eigenvalue weighted by Crippen LogP contribution is 2.49. The van der Waals surface area contributed by atoms with Crippen LogP contribution in [0.3, 0.4) is 0 Å². The van der Waals surface area contributed by atoms with Crippen molar-refractivity contribution in [2.45, 2.75) is 98.6 Å². The highest BCUT2D eigenvalue weighted by molar-refractivity contribution is 6.69. The maximum absolute atomic E-state index is 6.96. The largest absolute Gasteiger partial charge is 0.390 e. The first kappa shape index (κ1) is 27.1. The van der Waals surface area contributed by atoms with Gasteiger partial charge in [0.25, 0.3) is 0 Å². The van der Waals surface area contributed by atoms with Crippen LogP contribution in [-0.2, 0) is 26.7 Å². The SMILES string of the molecule is CCC1(O[Si](C)(C)C)OC(C(C)(C)Cc2ccccc2)OC(C(C)(C)Cc2ccccc2)C1C. The van der Waals surface area contributed by atoms with E-state index in [1.165, 1.54) is 11.1 Å². The first-order valence-electron chi connectivity index (χ1n) is 12.9. The van der Waals surface area contributed by atoms with E-state index in [-0.39, 0.29) is 29.1 Å². The Morgan fingerprint density at radius 2 is 1.29 bits per heavy atom. The molecule has 2 aromatic carbocycles. The minimum atomic E-state index is -1.89. The standard InChI is InChI=1S/C30H46O3Si/c1-10-30(33-34(7,8)9)23(2)26(28(3,4)21-24-17-13-11-14-18-24)31-27(32-30)29(5,6)22-25-19-15-12-16-20-25/h11-20,23,26-27H,10,21-22H2,1-9H3. The summed E-state index contributed by atoms with van der Waals surface area (Å²) in [5.74, 6) is -0.549. The lowest BCUT2D eigenvalue weighted by atomic mass is 9.71. The van der Waals surface area contributed by atoms with Gasteiger partial charge in [-0.1, -0.05) is 102 Å². The maximum Gasteiger partial charge on any atom is 0.187 e. The molecular formula is C30H46O3Si. The molecule has 1 saturated heterocycles. The molecule has 1 aliphatic heterocycles. The van der Waals surface area contributed by atoms with Crippen LogP contribution in [0.2, 0.25) is 19.6 Å². The molecule has 188 valence electrons. The van der Waals surface area contributed by atoms with E-state index in [1.54, 1.807) is 0 Å². The zero-order chi connectivity index (χ0) is 25.2. The Morgan fingerprint density at radius 3 is 1.74 bits per heavy atom. The van der Waals surface area contributed by atoms with E-state index >= 15 is 0 Å². The predicted molar refractivity (Wildman–Crippen MR) is 144 cm³/mol.